The second-order valence-electron chi connectivity index (χ2n) is 4.10. The summed E-state index contributed by atoms with van der Waals surface area (Å²) in [5, 5.41) is 0. The van der Waals surface area contributed by atoms with Crippen LogP contribution in [0.4, 0.5) is 18.9 Å². The van der Waals surface area contributed by atoms with Crippen molar-refractivity contribution in [3.05, 3.63) is 42.0 Å². The number of hydrogen-bond acceptors (Lipinski definition) is 1. The summed E-state index contributed by atoms with van der Waals surface area (Å²) < 4.78 is 38.8. The molecule has 1 rings (SSSR count). The molecule has 0 aromatic heterocycles. The first-order valence-corrected chi connectivity index (χ1v) is 5.76. The van der Waals surface area contributed by atoms with Crippen molar-refractivity contribution in [1.29, 1.82) is 0 Å². The smallest absolute Gasteiger partial charge is 0.243 e. The van der Waals surface area contributed by atoms with Crippen molar-refractivity contribution in [3.8, 4) is 0 Å². The Labute approximate surface area is 105 Å². The monoisotopic (exact) mass is 255 g/mol. The second-order valence-corrected chi connectivity index (χ2v) is 4.10. The number of alkyl halides is 3. The fourth-order valence-corrected chi connectivity index (χ4v) is 1.57. The molecule has 0 atom stereocenters. The molecule has 0 aliphatic rings. The molecule has 0 saturated carbocycles. The predicted molar refractivity (Wildman–Crippen MR) is 68.4 cm³/mol. The third kappa shape index (κ3) is 3.72. The molecular weight excluding hydrogens is 239 g/mol. The highest BCUT2D eigenvalue weighted by molar-refractivity contribution is 6.05. The quantitative estimate of drug-likeness (QED) is 0.672. The van der Waals surface area contributed by atoms with Crippen molar-refractivity contribution in [3.63, 3.8) is 0 Å². The van der Waals surface area contributed by atoms with Crippen LogP contribution >= 0.6 is 0 Å². The van der Waals surface area contributed by atoms with E-state index in [-0.39, 0.29) is 5.57 Å². The van der Waals surface area contributed by atoms with Crippen LogP contribution in [0.25, 0.3) is 0 Å². The molecule has 0 amide bonds. The van der Waals surface area contributed by atoms with Crippen LogP contribution in [0.15, 0.2) is 41.4 Å². The van der Waals surface area contributed by atoms with E-state index in [9.17, 15) is 13.2 Å². The summed E-state index contributed by atoms with van der Waals surface area (Å²) in [6.07, 6.45) is -3.56. The lowest BCUT2D eigenvalue weighted by Gasteiger charge is -2.13. The Balaban J connectivity index is 3.19. The van der Waals surface area contributed by atoms with E-state index in [2.05, 4.69) is 11.6 Å². The van der Waals surface area contributed by atoms with Gasteiger partial charge in [0.15, 0.2) is 0 Å². The molecule has 0 fully saturated rings. The van der Waals surface area contributed by atoms with Gasteiger partial charge in [-0.2, -0.15) is 13.2 Å². The molecule has 0 radical (unpaired) electrons. The van der Waals surface area contributed by atoms with E-state index in [0.29, 0.717) is 24.1 Å². The van der Waals surface area contributed by atoms with Crippen molar-refractivity contribution in [2.45, 2.75) is 32.9 Å². The lowest BCUT2D eigenvalue weighted by atomic mass is 10.1. The van der Waals surface area contributed by atoms with Gasteiger partial charge in [0.1, 0.15) is 5.71 Å². The summed E-state index contributed by atoms with van der Waals surface area (Å²) in [6.45, 7) is 7.03. The van der Waals surface area contributed by atoms with E-state index in [1.807, 2.05) is 6.92 Å². The van der Waals surface area contributed by atoms with Gasteiger partial charge in [-0.15, -0.1) is 0 Å². The molecule has 1 aromatic carbocycles. The number of allylic oxidation sites excluding steroid dienone is 1. The van der Waals surface area contributed by atoms with Gasteiger partial charge in [0.25, 0.3) is 0 Å². The standard InChI is InChI=1S/C14H16F3N/c1-4-7-11(3)13(14(15,16)17)18-12-9-6-5-8-10(12)2/h5-6,8-9H,3-4,7H2,1-2H3. The highest BCUT2D eigenvalue weighted by Gasteiger charge is 2.37. The van der Waals surface area contributed by atoms with Crippen LogP contribution < -0.4 is 0 Å². The van der Waals surface area contributed by atoms with Crippen molar-refractivity contribution in [1.82, 2.24) is 0 Å². The van der Waals surface area contributed by atoms with Gasteiger partial charge in [0.05, 0.1) is 5.69 Å². The summed E-state index contributed by atoms with van der Waals surface area (Å²) in [4.78, 5) is 3.74. The molecule has 0 heterocycles. The minimum atomic E-state index is -4.46. The van der Waals surface area contributed by atoms with Gasteiger partial charge in [-0.3, -0.25) is 0 Å². The van der Waals surface area contributed by atoms with Gasteiger partial charge in [-0.1, -0.05) is 38.1 Å². The molecule has 0 aliphatic heterocycles. The summed E-state index contributed by atoms with van der Waals surface area (Å²) in [5.74, 6) is 0. The molecule has 18 heavy (non-hydrogen) atoms. The van der Waals surface area contributed by atoms with Gasteiger partial charge < -0.3 is 0 Å². The minimum Gasteiger partial charge on any atom is -0.243 e. The topological polar surface area (TPSA) is 12.4 Å². The molecule has 1 nitrogen and oxygen atoms in total. The van der Waals surface area contributed by atoms with Gasteiger partial charge in [0, 0.05) is 0 Å². The first-order chi connectivity index (χ1) is 8.36. The Morgan fingerprint density at radius 1 is 1.28 bits per heavy atom. The highest BCUT2D eigenvalue weighted by Crippen LogP contribution is 2.28. The highest BCUT2D eigenvalue weighted by atomic mass is 19.4. The number of halogens is 3. The van der Waals surface area contributed by atoms with Crippen LogP contribution in [0, 0.1) is 6.92 Å². The van der Waals surface area contributed by atoms with E-state index < -0.39 is 11.9 Å². The Morgan fingerprint density at radius 2 is 1.89 bits per heavy atom. The molecule has 0 spiro atoms. The van der Waals surface area contributed by atoms with E-state index in [0.717, 1.165) is 0 Å². The Hall–Kier alpha value is -1.58. The molecule has 0 saturated heterocycles. The van der Waals surface area contributed by atoms with Gasteiger partial charge in [-0.05, 0) is 30.5 Å². The van der Waals surface area contributed by atoms with Gasteiger partial charge >= 0.3 is 6.18 Å². The summed E-state index contributed by atoms with van der Waals surface area (Å²) in [7, 11) is 0. The molecular formula is C14H16F3N. The number of para-hydroxylation sites is 1. The van der Waals surface area contributed by atoms with E-state index in [1.165, 1.54) is 0 Å². The number of nitrogens with zero attached hydrogens (tertiary/aromatic N) is 1. The lowest BCUT2D eigenvalue weighted by molar-refractivity contribution is -0.0582. The average Bonchev–Trinajstić information content (AvgIpc) is 2.26. The van der Waals surface area contributed by atoms with Crippen molar-refractivity contribution in [2.24, 2.45) is 4.99 Å². The molecule has 98 valence electrons. The molecule has 0 aliphatic carbocycles. The summed E-state index contributed by atoms with van der Waals surface area (Å²) in [6, 6.07) is 6.74. The van der Waals surface area contributed by atoms with Gasteiger partial charge in [-0.25, -0.2) is 4.99 Å². The summed E-state index contributed by atoms with van der Waals surface area (Å²) in [5.41, 5.74) is 0.206. The minimum absolute atomic E-state index is 0.0354. The Bertz CT molecular complexity index is 458. The van der Waals surface area contributed by atoms with Crippen LogP contribution in [0.2, 0.25) is 0 Å². The number of aryl methyl sites for hydroxylation is 1. The van der Waals surface area contributed by atoms with Crippen molar-refractivity contribution >= 4 is 11.4 Å². The van der Waals surface area contributed by atoms with Crippen LogP contribution in [0.3, 0.4) is 0 Å². The second kappa shape index (κ2) is 5.85. The fraction of sp³-hybridized carbons (Fsp3) is 0.357. The third-order valence-corrected chi connectivity index (χ3v) is 2.50. The number of benzene rings is 1. The maximum atomic E-state index is 12.9. The van der Waals surface area contributed by atoms with Crippen LogP contribution in [-0.2, 0) is 0 Å². The first kappa shape index (κ1) is 14.5. The third-order valence-electron chi connectivity index (χ3n) is 2.50. The molecule has 0 unspecified atom stereocenters. The predicted octanol–water partition coefficient (Wildman–Crippen LogP) is 4.99. The first-order valence-electron chi connectivity index (χ1n) is 5.76. The molecule has 0 bridgehead atoms. The van der Waals surface area contributed by atoms with E-state index in [1.54, 1.807) is 31.2 Å². The molecule has 4 heteroatoms. The van der Waals surface area contributed by atoms with Crippen molar-refractivity contribution in [2.75, 3.05) is 0 Å². The maximum Gasteiger partial charge on any atom is 0.433 e. The van der Waals surface area contributed by atoms with Crippen molar-refractivity contribution < 1.29 is 13.2 Å². The number of aliphatic imine (C=N–C) groups is 1. The summed E-state index contributed by atoms with van der Waals surface area (Å²) >= 11 is 0. The fourth-order valence-electron chi connectivity index (χ4n) is 1.57. The van der Waals surface area contributed by atoms with Gasteiger partial charge in [0.2, 0.25) is 0 Å². The van der Waals surface area contributed by atoms with E-state index >= 15 is 0 Å². The SMILES string of the molecule is C=C(CCC)C(=Nc1ccccc1C)C(F)(F)F. The molecule has 0 N–H and O–H groups in total. The Morgan fingerprint density at radius 3 is 2.39 bits per heavy atom. The maximum absolute atomic E-state index is 12.9. The average molecular weight is 255 g/mol. The van der Waals surface area contributed by atoms with Crippen LogP contribution in [0.5, 0.6) is 0 Å². The largest absolute Gasteiger partial charge is 0.433 e. The Kier molecular flexibility index (Phi) is 4.70. The van der Waals surface area contributed by atoms with Crippen LogP contribution in [0.1, 0.15) is 25.3 Å². The molecule has 1 aromatic rings. The van der Waals surface area contributed by atoms with E-state index in [4.69, 9.17) is 0 Å². The van der Waals surface area contributed by atoms with Crippen LogP contribution in [-0.4, -0.2) is 11.9 Å². The zero-order chi connectivity index (χ0) is 13.8. The number of hydrogen-bond donors (Lipinski definition) is 0. The lowest BCUT2D eigenvalue weighted by Crippen LogP contribution is -2.24. The zero-order valence-electron chi connectivity index (χ0n) is 10.5. The number of rotatable bonds is 4. The zero-order valence-corrected chi connectivity index (χ0v) is 10.5. The normalized spacial score (nSPS) is 12.6.